The molecule has 0 aromatic carbocycles. The summed E-state index contributed by atoms with van der Waals surface area (Å²) in [5, 5.41) is 2.88. The summed E-state index contributed by atoms with van der Waals surface area (Å²) in [7, 11) is 1.63. The largest absolute Gasteiger partial charge is 0.392 e. The molecule has 0 unspecified atom stereocenters. The summed E-state index contributed by atoms with van der Waals surface area (Å²) in [6, 6.07) is 0. The topological polar surface area (TPSA) is 73.6 Å². The zero-order valence-corrected chi connectivity index (χ0v) is 12.4. The number of hydrogen-bond acceptors (Lipinski definition) is 4. The van der Waals surface area contributed by atoms with E-state index in [1.165, 1.54) is 0 Å². The van der Waals surface area contributed by atoms with Gasteiger partial charge in [-0.3, -0.25) is 4.79 Å². The molecular formula is C13H24N2O3S. The molecule has 0 aliphatic heterocycles. The molecule has 5 nitrogen and oxygen atoms in total. The molecule has 1 aliphatic rings. The number of methoxy groups -OCH3 is 1. The molecule has 1 amide bonds. The number of rotatable bonds is 8. The maximum absolute atomic E-state index is 12.3. The Morgan fingerprint density at radius 2 is 1.95 bits per heavy atom. The van der Waals surface area contributed by atoms with Gasteiger partial charge in [-0.25, -0.2) is 0 Å². The first-order valence-electron chi connectivity index (χ1n) is 6.78. The molecule has 0 bridgehead atoms. The first kappa shape index (κ1) is 16.3. The van der Waals surface area contributed by atoms with E-state index >= 15 is 0 Å². The molecule has 0 spiro atoms. The zero-order valence-electron chi connectivity index (χ0n) is 11.6. The SMILES string of the molecule is COCCOCCNC(=O)C1(C(N)=S)CCCCC1. The van der Waals surface area contributed by atoms with Crippen molar-refractivity contribution in [1.82, 2.24) is 5.32 Å². The second-order valence-electron chi connectivity index (χ2n) is 4.87. The Morgan fingerprint density at radius 3 is 2.53 bits per heavy atom. The van der Waals surface area contributed by atoms with E-state index in [0.717, 1.165) is 32.1 Å². The normalized spacial score (nSPS) is 17.9. The number of carbonyl (C=O) groups excluding carboxylic acids is 1. The van der Waals surface area contributed by atoms with Crippen molar-refractivity contribution >= 4 is 23.1 Å². The van der Waals surface area contributed by atoms with Crippen LogP contribution < -0.4 is 11.1 Å². The molecule has 0 atom stereocenters. The zero-order chi connectivity index (χ0) is 14.1. The van der Waals surface area contributed by atoms with Crippen LogP contribution in [0.15, 0.2) is 0 Å². The van der Waals surface area contributed by atoms with Crippen LogP contribution in [-0.2, 0) is 14.3 Å². The molecule has 1 saturated carbocycles. The summed E-state index contributed by atoms with van der Waals surface area (Å²) < 4.78 is 10.2. The fraction of sp³-hybridized carbons (Fsp3) is 0.846. The minimum absolute atomic E-state index is 0.0463. The van der Waals surface area contributed by atoms with Gasteiger partial charge in [0.1, 0.15) is 0 Å². The minimum atomic E-state index is -0.639. The van der Waals surface area contributed by atoms with Crippen molar-refractivity contribution in [3.05, 3.63) is 0 Å². The minimum Gasteiger partial charge on any atom is -0.392 e. The predicted octanol–water partition coefficient (Wildman–Crippen LogP) is 1.00. The molecule has 0 radical (unpaired) electrons. The van der Waals surface area contributed by atoms with Crippen LogP contribution in [-0.4, -0.2) is 44.4 Å². The molecule has 1 aliphatic carbocycles. The van der Waals surface area contributed by atoms with Crippen LogP contribution in [0.5, 0.6) is 0 Å². The van der Waals surface area contributed by atoms with Crippen LogP contribution in [0, 0.1) is 5.41 Å². The van der Waals surface area contributed by atoms with Gasteiger partial charge in [0.05, 0.1) is 30.2 Å². The van der Waals surface area contributed by atoms with Gasteiger partial charge in [0.25, 0.3) is 0 Å². The molecule has 6 heteroatoms. The number of thiocarbonyl (C=S) groups is 1. The van der Waals surface area contributed by atoms with Crippen molar-refractivity contribution in [1.29, 1.82) is 0 Å². The molecule has 3 N–H and O–H groups in total. The Bertz CT molecular complexity index is 304. The van der Waals surface area contributed by atoms with E-state index in [-0.39, 0.29) is 5.91 Å². The molecule has 0 heterocycles. The number of amides is 1. The Balaban J connectivity index is 2.35. The number of nitrogens with two attached hydrogens (primary N) is 1. The third-order valence-electron chi connectivity index (χ3n) is 3.58. The average Bonchev–Trinajstić information content (AvgIpc) is 2.43. The van der Waals surface area contributed by atoms with Crippen LogP contribution in [0.3, 0.4) is 0 Å². The average molecular weight is 288 g/mol. The van der Waals surface area contributed by atoms with Gasteiger partial charge in [-0.2, -0.15) is 0 Å². The molecule has 19 heavy (non-hydrogen) atoms. The van der Waals surface area contributed by atoms with Gasteiger partial charge in [-0.1, -0.05) is 31.5 Å². The quantitative estimate of drug-likeness (QED) is 0.515. The Hall–Kier alpha value is -0.720. The van der Waals surface area contributed by atoms with Crippen molar-refractivity contribution in [2.45, 2.75) is 32.1 Å². The molecule has 0 aromatic heterocycles. The van der Waals surface area contributed by atoms with E-state index < -0.39 is 5.41 Å². The molecule has 1 rings (SSSR count). The lowest BCUT2D eigenvalue weighted by molar-refractivity contribution is -0.129. The third-order valence-corrected chi connectivity index (χ3v) is 3.97. The van der Waals surface area contributed by atoms with Crippen LogP contribution in [0.25, 0.3) is 0 Å². The number of carbonyl (C=O) groups is 1. The molecule has 1 fully saturated rings. The van der Waals surface area contributed by atoms with Crippen molar-refractivity contribution in [2.24, 2.45) is 11.1 Å². The molecular weight excluding hydrogens is 264 g/mol. The smallest absolute Gasteiger partial charge is 0.233 e. The van der Waals surface area contributed by atoms with E-state index in [4.69, 9.17) is 27.4 Å². The van der Waals surface area contributed by atoms with Crippen molar-refractivity contribution < 1.29 is 14.3 Å². The van der Waals surface area contributed by atoms with Gasteiger partial charge in [-0.05, 0) is 12.8 Å². The monoisotopic (exact) mass is 288 g/mol. The van der Waals surface area contributed by atoms with Gasteiger partial charge in [0.2, 0.25) is 5.91 Å². The third kappa shape index (κ3) is 4.71. The van der Waals surface area contributed by atoms with E-state index in [9.17, 15) is 4.79 Å². The lowest BCUT2D eigenvalue weighted by Crippen LogP contribution is -2.50. The predicted molar refractivity (Wildman–Crippen MR) is 78.0 cm³/mol. The lowest BCUT2D eigenvalue weighted by atomic mass is 9.73. The van der Waals surface area contributed by atoms with Crippen molar-refractivity contribution in [3.63, 3.8) is 0 Å². The second-order valence-corrected chi connectivity index (χ2v) is 5.31. The van der Waals surface area contributed by atoms with E-state index in [1.807, 2.05) is 0 Å². The highest BCUT2D eigenvalue weighted by Crippen LogP contribution is 2.36. The van der Waals surface area contributed by atoms with Gasteiger partial charge in [0, 0.05) is 13.7 Å². The fourth-order valence-electron chi connectivity index (χ4n) is 2.39. The molecule has 0 aromatic rings. The van der Waals surface area contributed by atoms with Crippen LogP contribution in [0.2, 0.25) is 0 Å². The molecule has 0 saturated heterocycles. The number of hydrogen-bond donors (Lipinski definition) is 2. The maximum Gasteiger partial charge on any atom is 0.233 e. The second kappa shape index (κ2) is 8.45. The first-order valence-corrected chi connectivity index (χ1v) is 7.19. The summed E-state index contributed by atoms with van der Waals surface area (Å²) in [5.41, 5.74) is 5.16. The summed E-state index contributed by atoms with van der Waals surface area (Å²) in [5.74, 6) is -0.0463. The summed E-state index contributed by atoms with van der Waals surface area (Å²) in [6.45, 7) is 2.05. The van der Waals surface area contributed by atoms with E-state index in [1.54, 1.807) is 7.11 Å². The van der Waals surface area contributed by atoms with Gasteiger partial charge < -0.3 is 20.5 Å². The summed E-state index contributed by atoms with van der Waals surface area (Å²) in [6.07, 6.45) is 4.69. The highest BCUT2D eigenvalue weighted by Gasteiger charge is 2.41. The van der Waals surface area contributed by atoms with E-state index in [2.05, 4.69) is 5.32 Å². The summed E-state index contributed by atoms with van der Waals surface area (Å²) >= 11 is 5.11. The Labute approximate surface area is 120 Å². The highest BCUT2D eigenvalue weighted by atomic mass is 32.1. The van der Waals surface area contributed by atoms with Gasteiger partial charge >= 0.3 is 0 Å². The maximum atomic E-state index is 12.3. The van der Waals surface area contributed by atoms with Crippen LogP contribution in [0.4, 0.5) is 0 Å². The number of ether oxygens (including phenoxy) is 2. The molecule has 110 valence electrons. The van der Waals surface area contributed by atoms with Crippen LogP contribution in [0.1, 0.15) is 32.1 Å². The Morgan fingerprint density at radius 1 is 1.26 bits per heavy atom. The van der Waals surface area contributed by atoms with Gasteiger partial charge in [-0.15, -0.1) is 0 Å². The fourth-order valence-corrected chi connectivity index (χ4v) is 2.69. The Kier molecular flexibility index (Phi) is 7.27. The van der Waals surface area contributed by atoms with Crippen molar-refractivity contribution in [3.8, 4) is 0 Å². The first-order chi connectivity index (χ1) is 9.13. The van der Waals surface area contributed by atoms with Crippen molar-refractivity contribution in [2.75, 3.05) is 33.5 Å². The van der Waals surface area contributed by atoms with E-state index in [0.29, 0.717) is 31.4 Å². The van der Waals surface area contributed by atoms with Gasteiger partial charge in [0.15, 0.2) is 0 Å². The standard InChI is InChI=1S/C13H24N2O3S/c1-17-9-10-18-8-7-15-12(16)13(11(14)19)5-3-2-4-6-13/h2-10H2,1H3,(H2,14,19)(H,15,16). The lowest BCUT2D eigenvalue weighted by Gasteiger charge is -2.34. The highest BCUT2D eigenvalue weighted by molar-refractivity contribution is 7.80. The van der Waals surface area contributed by atoms with Crippen LogP contribution >= 0.6 is 12.2 Å². The number of nitrogens with one attached hydrogen (secondary N) is 1. The summed E-state index contributed by atoms with van der Waals surface area (Å²) in [4.78, 5) is 12.6.